The van der Waals surface area contributed by atoms with Crippen LogP contribution in [0.3, 0.4) is 0 Å². The van der Waals surface area contributed by atoms with E-state index in [1.807, 2.05) is 13.0 Å². The van der Waals surface area contributed by atoms with Gasteiger partial charge in [-0.25, -0.2) is 9.97 Å². The maximum atomic E-state index is 10.6. The number of non-ortho nitro benzene ring substituents is 1. The van der Waals surface area contributed by atoms with Gasteiger partial charge in [-0.05, 0) is 25.1 Å². The molecule has 1 unspecified atom stereocenters. The molecular formula is C13H14N4O2. The van der Waals surface area contributed by atoms with Crippen LogP contribution in [0.25, 0.3) is 11.4 Å². The lowest BCUT2D eigenvalue weighted by Gasteiger charge is -2.06. The molecule has 0 fully saturated rings. The molecule has 0 amide bonds. The standard InChI is InChI=1S/C13H14N4O2/c1-9(14)8-11-6-7-15-13(16-11)10-2-4-12(5-3-10)17(18)19/h2-7,9H,8,14H2,1H3. The smallest absolute Gasteiger partial charge is 0.269 e. The van der Waals surface area contributed by atoms with Gasteiger partial charge in [-0.2, -0.15) is 0 Å². The van der Waals surface area contributed by atoms with Crippen molar-refractivity contribution in [2.75, 3.05) is 0 Å². The molecule has 0 saturated carbocycles. The van der Waals surface area contributed by atoms with Crippen molar-refractivity contribution in [2.45, 2.75) is 19.4 Å². The third-order valence-electron chi connectivity index (χ3n) is 2.58. The van der Waals surface area contributed by atoms with Crippen LogP contribution in [-0.4, -0.2) is 20.9 Å². The van der Waals surface area contributed by atoms with Crippen LogP contribution in [0.1, 0.15) is 12.6 Å². The van der Waals surface area contributed by atoms with E-state index in [2.05, 4.69) is 9.97 Å². The summed E-state index contributed by atoms with van der Waals surface area (Å²) in [5, 5.41) is 10.6. The molecule has 6 nitrogen and oxygen atoms in total. The molecule has 0 aliphatic carbocycles. The molecule has 6 heteroatoms. The first-order valence-electron chi connectivity index (χ1n) is 5.88. The molecule has 19 heavy (non-hydrogen) atoms. The lowest BCUT2D eigenvalue weighted by atomic mass is 10.1. The Bertz CT molecular complexity index is 581. The molecule has 0 saturated heterocycles. The van der Waals surface area contributed by atoms with Crippen LogP contribution in [-0.2, 0) is 6.42 Å². The van der Waals surface area contributed by atoms with Crippen LogP contribution >= 0.6 is 0 Å². The van der Waals surface area contributed by atoms with Gasteiger partial charge < -0.3 is 5.73 Å². The summed E-state index contributed by atoms with van der Waals surface area (Å²) in [7, 11) is 0. The van der Waals surface area contributed by atoms with E-state index in [1.165, 1.54) is 12.1 Å². The number of nitrogens with two attached hydrogens (primary N) is 1. The number of nitro groups is 1. The van der Waals surface area contributed by atoms with Gasteiger partial charge in [0.25, 0.3) is 5.69 Å². The predicted molar refractivity (Wildman–Crippen MR) is 71.5 cm³/mol. The fourth-order valence-corrected chi connectivity index (χ4v) is 1.71. The lowest BCUT2D eigenvalue weighted by Crippen LogP contribution is -2.18. The molecule has 0 aliphatic rings. The molecule has 0 aliphatic heterocycles. The van der Waals surface area contributed by atoms with Crippen molar-refractivity contribution in [1.29, 1.82) is 0 Å². The van der Waals surface area contributed by atoms with Crippen molar-refractivity contribution in [3.8, 4) is 11.4 Å². The summed E-state index contributed by atoms with van der Waals surface area (Å²) in [5.74, 6) is 0.549. The predicted octanol–water partition coefficient (Wildman–Crippen LogP) is 1.94. The summed E-state index contributed by atoms with van der Waals surface area (Å²) in [5.41, 5.74) is 7.39. The average Bonchev–Trinajstić information content (AvgIpc) is 2.38. The minimum Gasteiger partial charge on any atom is -0.328 e. The molecule has 1 atom stereocenters. The highest BCUT2D eigenvalue weighted by molar-refractivity contribution is 5.57. The van der Waals surface area contributed by atoms with Gasteiger partial charge in [-0.3, -0.25) is 10.1 Å². The molecule has 2 rings (SSSR count). The number of hydrogen-bond acceptors (Lipinski definition) is 5. The van der Waals surface area contributed by atoms with E-state index in [0.717, 1.165) is 11.3 Å². The number of benzene rings is 1. The minimum atomic E-state index is -0.433. The lowest BCUT2D eigenvalue weighted by molar-refractivity contribution is -0.384. The molecule has 1 aromatic heterocycles. The van der Waals surface area contributed by atoms with Crippen LogP contribution in [0.15, 0.2) is 36.5 Å². The van der Waals surface area contributed by atoms with Crippen molar-refractivity contribution >= 4 is 5.69 Å². The van der Waals surface area contributed by atoms with Gasteiger partial charge in [-0.1, -0.05) is 0 Å². The number of rotatable bonds is 4. The van der Waals surface area contributed by atoms with E-state index >= 15 is 0 Å². The van der Waals surface area contributed by atoms with Crippen molar-refractivity contribution in [3.63, 3.8) is 0 Å². The third-order valence-corrected chi connectivity index (χ3v) is 2.58. The largest absolute Gasteiger partial charge is 0.328 e. The van der Waals surface area contributed by atoms with Gasteiger partial charge in [0, 0.05) is 42.0 Å². The summed E-state index contributed by atoms with van der Waals surface area (Å²) >= 11 is 0. The van der Waals surface area contributed by atoms with Crippen LogP contribution in [0.4, 0.5) is 5.69 Å². The fraction of sp³-hybridized carbons (Fsp3) is 0.231. The zero-order valence-corrected chi connectivity index (χ0v) is 10.5. The van der Waals surface area contributed by atoms with Crippen molar-refractivity contribution in [1.82, 2.24) is 9.97 Å². The van der Waals surface area contributed by atoms with Crippen molar-refractivity contribution in [2.24, 2.45) is 5.73 Å². The Kier molecular flexibility index (Phi) is 3.82. The zero-order chi connectivity index (χ0) is 13.8. The summed E-state index contributed by atoms with van der Waals surface area (Å²) in [6.07, 6.45) is 2.34. The number of aromatic nitrogens is 2. The van der Waals surface area contributed by atoms with Crippen molar-refractivity contribution < 1.29 is 4.92 Å². The van der Waals surface area contributed by atoms with Crippen molar-refractivity contribution in [3.05, 3.63) is 52.3 Å². The van der Waals surface area contributed by atoms with E-state index in [-0.39, 0.29) is 11.7 Å². The molecule has 98 valence electrons. The second-order valence-electron chi connectivity index (χ2n) is 4.36. The maximum Gasteiger partial charge on any atom is 0.269 e. The molecule has 1 heterocycles. The van der Waals surface area contributed by atoms with E-state index in [0.29, 0.717) is 12.2 Å². The topological polar surface area (TPSA) is 94.9 Å². The number of nitrogens with zero attached hydrogens (tertiary/aromatic N) is 3. The van der Waals surface area contributed by atoms with Crippen LogP contribution < -0.4 is 5.73 Å². The normalized spacial score (nSPS) is 12.1. The summed E-state index contributed by atoms with van der Waals surface area (Å²) in [6.45, 7) is 1.91. The van der Waals surface area contributed by atoms with E-state index in [9.17, 15) is 10.1 Å². The third kappa shape index (κ3) is 3.32. The Labute approximate surface area is 110 Å². The summed E-state index contributed by atoms with van der Waals surface area (Å²) in [4.78, 5) is 18.7. The molecule has 0 bridgehead atoms. The zero-order valence-electron chi connectivity index (χ0n) is 10.5. The summed E-state index contributed by atoms with van der Waals surface area (Å²) in [6, 6.07) is 8.01. The highest BCUT2D eigenvalue weighted by atomic mass is 16.6. The second kappa shape index (κ2) is 5.53. The molecular weight excluding hydrogens is 244 g/mol. The molecule has 0 spiro atoms. The van der Waals surface area contributed by atoms with Gasteiger partial charge in [0.1, 0.15) is 0 Å². The van der Waals surface area contributed by atoms with Gasteiger partial charge in [-0.15, -0.1) is 0 Å². The van der Waals surface area contributed by atoms with Gasteiger partial charge in [0.2, 0.25) is 0 Å². The van der Waals surface area contributed by atoms with E-state index in [4.69, 9.17) is 5.73 Å². The van der Waals surface area contributed by atoms with E-state index in [1.54, 1.807) is 18.3 Å². The van der Waals surface area contributed by atoms with Gasteiger partial charge in [0.05, 0.1) is 4.92 Å². The van der Waals surface area contributed by atoms with Gasteiger partial charge in [0.15, 0.2) is 5.82 Å². The Morgan fingerprint density at radius 3 is 2.58 bits per heavy atom. The number of nitro benzene ring substituents is 1. The second-order valence-corrected chi connectivity index (χ2v) is 4.36. The highest BCUT2D eigenvalue weighted by Crippen LogP contribution is 2.19. The van der Waals surface area contributed by atoms with Crippen LogP contribution in [0.5, 0.6) is 0 Å². The Hall–Kier alpha value is -2.34. The molecule has 2 N–H and O–H groups in total. The first kappa shape index (κ1) is 13.1. The average molecular weight is 258 g/mol. The molecule has 1 aromatic carbocycles. The summed E-state index contributed by atoms with van der Waals surface area (Å²) < 4.78 is 0. The molecule has 0 radical (unpaired) electrons. The van der Waals surface area contributed by atoms with E-state index < -0.39 is 4.92 Å². The Morgan fingerprint density at radius 1 is 1.32 bits per heavy atom. The molecule has 2 aromatic rings. The highest BCUT2D eigenvalue weighted by Gasteiger charge is 2.08. The fourth-order valence-electron chi connectivity index (χ4n) is 1.71. The number of hydrogen-bond donors (Lipinski definition) is 1. The first-order chi connectivity index (χ1) is 9.06. The Morgan fingerprint density at radius 2 is 2.00 bits per heavy atom. The Balaban J connectivity index is 2.28. The van der Waals surface area contributed by atoms with Crippen LogP contribution in [0, 0.1) is 10.1 Å². The minimum absolute atomic E-state index is 0.0274. The SMILES string of the molecule is CC(N)Cc1ccnc(-c2ccc([N+](=O)[O-])cc2)n1. The maximum absolute atomic E-state index is 10.6. The van der Waals surface area contributed by atoms with Gasteiger partial charge >= 0.3 is 0 Å². The monoisotopic (exact) mass is 258 g/mol. The quantitative estimate of drug-likeness (QED) is 0.668. The van der Waals surface area contributed by atoms with Crippen LogP contribution in [0.2, 0.25) is 0 Å². The first-order valence-corrected chi connectivity index (χ1v) is 5.88.